The number of rotatable bonds is 0. The van der Waals surface area contributed by atoms with Crippen molar-refractivity contribution in [3.63, 3.8) is 0 Å². The predicted molar refractivity (Wildman–Crippen MR) is 73.1 cm³/mol. The summed E-state index contributed by atoms with van der Waals surface area (Å²) in [6.07, 6.45) is 32.0. The molecule has 0 N–H and O–H groups in total. The molecule has 0 atom stereocenters. The van der Waals surface area contributed by atoms with Crippen molar-refractivity contribution in [3.05, 3.63) is 97.2 Å². The zero-order chi connectivity index (χ0) is 11.3. The Kier molecular flexibility index (Phi) is 7.10. The molecule has 0 unspecified atom stereocenters. The molecule has 2 aliphatic carbocycles. The van der Waals surface area contributed by atoms with Gasteiger partial charge in [0.2, 0.25) is 0 Å². The van der Waals surface area contributed by atoms with E-state index in [2.05, 4.69) is 0 Å². The highest BCUT2D eigenvalue weighted by Crippen LogP contribution is 1.88. The Morgan fingerprint density at radius 2 is 0.188 bits per heavy atom. The first-order valence-electron chi connectivity index (χ1n) is 5.33. The predicted octanol–water partition coefficient (Wildman–Crippen LogP) is 4.45. The van der Waals surface area contributed by atoms with Gasteiger partial charge in [-0.15, -0.1) is 0 Å². The van der Waals surface area contributed by atoms with Crippen LogP contribution in [0.3, 0.4) is 0 Å². The first kappa shape index (κ1) is 12.0. The number of hydrogen-bond acceptors (Lipinski definition) is 0. The van der Waals surface area contributed by atoms with E-state index in [0.29, 0.717) is 0 Å². The van der Waals surface area contributed by atoms with E-state index in [4.69, 9.17) is 0 Å². The van der Waals surface area contributed by atoms with Crippen LogP contribution in [-0.2, 0) is 0 Å². The van der Waals surface area contributed by atoms with E-state index in [1.165, 1.54) is 0 Å². The van der Waals surface area contributed by atoms with Crippen LogP contribution in [0.25, 0.3) is 0 Å². The number of hydrogen-bond donors (Lipinski definition) is 0. The molecule has 0 radical (unpaired) electrons. The van der Waals surface area contributed by atoms with E-state index in [0.717, 1.165) is 0 Å². The van der Waals surface area contributed by atoms with E-state index >= 15 is 0 Å². The Morgan fingerprint density at radius 1 is 0.125 bits per heavy atom. The van der Waals surface area contributed by atoms with Gasteiger partial charge in [-0.3, -0.25) is 0 Å². The molecule has 16 heavy (non-hydrogen) atoms. The lowest BCUT2D eigenvalue weighted by atomic mass is 10.3. The lowest BCUT2D eigenvalue weighted by Crippen LogP contribution is -1.55. The second kappa shape index (κ2) is 9.47. The van der Waals surface area contributed by atoms with Gasteiger partial charge in [0.25, 0.3) is 0 Å². The van der Waals surface area contributed by atoms with Gasteiger partial charge in [-0.05, 0) is 0 Å². The molecule has 0 fully saturated rings. The van der Waals surface area contributed by atoms with Gasteiger partial charge < -0.3 is 0 Å². The summed E-state index contributed by atoms with van der Waals surface area (Å²) in [5.41, 5.74) is 0. The van der Waals surface area contributed by atoms with Crippen molar-refractivity contribution in [2.24, 2.45) is 0 Å². The molecular weight excluding hydrogens is 192 g/mol. The SMILES string of the molecule is C1=CC=CC=CC=C1.C1=CC=CC=CC=C1. The van der Waals surface area contributed by atoms with Gasteiger partial charge in [0.05, 0.1) is 0 Å². The molecule has 0 spiro atoms. The Morgan fingerprint density at radius 3 is 0.250 bits per heavy atom. The third-order valence-corrected chi connectivity index (χ3v) is 1.78. The quantitative estimate of drug-likeness (QED) is 0.551. The van der Waals surface area contributed by atoms with Gasteiger partial charge in [-0.1, -0.05) is 97.2 Å². The van der Waals surface area contributed by atoms with E-state index in [9.17, 15) is 0 Å². The Hall–Kier alpha value is -2.08. The molecule has 0 aliphatic heterocycles. The minimum Gasteiger partial charge on any atom is -0.0623 e. The highest BCUT2D eigenvalue weighted by Gasteiger charge is 1.66. The summed E-state index contributed by atoms with van der Waals surface area (Å²) < 4.78 is 0. The smallest absolute Gasteiger partial charge is 0.0623 e. The largest absolute Gasteiger partial charge is 0.0623 e. The van der Waals surface area contributed by atoms with Crippen LogP contribution < -0.4 is 0 Å². The first-order valence-corrected chi connectivity index (χ1v) is 5.33. The fourth-order valence-electron chi connectivity index (χ4n) is 1.03. The van der Waals surface area contributed by atoms with Crippen LogP contribution >= 0.6 is 0 Å². The lowest BCUT2D eigenvalue weighted by molar-refractivity contribution is 1.81. The van der Waals surface area contributed by atoms with E-state index in [1.807, 2.05) is 97.2 Å². The Bertz CT molecular complexity index is 242. The van der Waals surface area contributed by atoms with Crippen molar-refractivity contribution in [2.75, 3.05) is 0 Å². The fraction of sp³-hybridized carbons (Fsp3) is 0. The molecule has 0 saturated carbocycles. The van der Waals surface area contributed by atoms with Crippen LogP contribution in [0.2, 0.25) is 0 Å². The second-order valence-corrected chi connectivity index (χ2v) is 3.08. The summed E-state index contributed by atoms with van der Waals surface area (Å²) in [6.45, 7) is 0. The van der Waals surface area contributed by atoms with Crippen molar-refractivity contribution in [3.8, 4) is 0 Å². The van der Waals surface area contributed by atoms with Crippen LogP contribution in [-0.4, -0.2) is 0 Å². The van der Waals surface area contributed by atoms with Gasteiger partial charge >= 0.3 is 0 Å². The molecule has 0 nitrogen and oxygen atoms in total. The lowest BCUT2D eigenvalue weighted by Gasteiger charge is -1.77. The molecule has 0 saturated heterocycles. The van der Waals surface area contributed by atoms with Crippen molar-refractivity contribution < 1.29 is 0 Å². The minimum absolute atomic E-state index is 2.00. The van der Waals surface area contributed by atoms with Crippen molar-refractivity contribution >= 4 is 0 Å². The van der Waals surface area contributed by atoms with Crippen LogP contribution in [0.15, 0.2) is 97.2 Å². The first-order chi connectivity index (χ1) is 8.00. The van der Waals surface area contributed by atoms with Crippen molar-refractivity contribution in [2.45, 2.75) is 0 Å². The maximum absolute atomic E-state index is 2.00. The van der Waals surface area contributed by atoms with Gasteiger partial charge in [0.15, 0.2) is 0 Å². The highest BCUT2D eigenvalue weighted by atomic mass is 13.7. The summed E-state index contributed by atoms with van der Waals surface area (Å²) in [6, 6.07) is 0. The molecular formula is C16H16. The monoisotopic (exact) mass is 208 g/mol. The molecule has 0 amide bonds. The molecule has 0 bridgehead atoms. The van der Waals surface area contributed by atoms with E-state index in [-0.39, 0.29) is 0 Å². The summed E-state index contributed by atoms with van der Waals surface area (Å²) in [5.74, 6) is 0. The molecule has 2 rings (SSSR count). The Balaban J connectivity index is 0.000000160. The molecule has 0 heterocycles. The molecule has 80 valence electrons. The van der Waals surface area contributed by atoms with Gasteiger partial charge in [0, 0.05) is 0 Å². The van der Waals surface area contributed by atoms with Crippen molar-refractivity contribution in [1.29, 1.82) is 0 Å². The van der Waals surface area contributed by atoms with Crippen molar-refractivity contribution in [1.82, 2.24) is 0 Å². The average Bonchev–Trinajstić information content (AvgIpc) is 2.15. The third kappa shape index (κ3) is 7.34. The van der Waals surface area contributed by atoms with Crippen LogP contribution in [0, 0.1) is 0 Å². The normalized spacial score (nSPS) is 16.0. The molecule has 2 aliphatic rings. The topological polar surface area (TPSA) is 0 Å². The molecule has 0 heteroatoms. The van der Waals surface area contributed by atoms with Gasteiger partial charge in [-0.25, -0.2) is 0 Å². The van der Waals surface area contributed by atoms with Crippen LogP contribution in [0.5, 0.6) is 0 Å². The maximum Gasteiger partial charge on any atom is -0.0623 e. The molecule has 0 aromatic heterocycles. The second-order valence-electron chi connectivity index (χ2n) is 3.08. The maximum atomic E-state index is 2.00. The summed E-state index contributed by atoms with van der Waals surface area (Å²) in [5, 5.41) is 0. The zero-order valence-corrected chi connectivity index (χ0v) is 9.24. The van der Waals surface area contributed by atoms with Gasteiger partial charge in [0.1, 0.15) is 0 Å². The summed E-state index contributed by atoms with van der Waals surface area (Å²) >= 11 is 0. The van der Waals surface area contributed by atoms with Crippen LogP contribution in [0.1, 0.15) is 0 Å². The van der Waals surface area contributed by atoms with E-state index < -0.39 is 0 Å². The van der Waals surface area contributed by atoms with Gasteiger partial charge in [-0.2, -0.15) is 0 Å². The minimum atomic E-state index is 2.00. The zero-order valence-electron chi connectivity index (χ0n) is 9.24. The standard InChI is InChI=1S/2C8H8/c2*1-2-4-6-8-7-5-3-1/h2*1-8H. The average molecular weight is 208 g/mol. The summed E-state index contributed by atoms with van der Waals surface area (Å²) in [4.78, 5) is 0. The fourth-order valence-corrected chi connectivity index (χ4v) is 1.03. The summed E-state index contributed by atoms with van der Waals surface area (Å²) in [7, 11) is 0. The number of allylic oxidation sites excluding steroid dienone is 16. The highest BCUT2D eigenvalue weighted by molar-refractivity contribution is 5.23. The Labute approximate surface area is 97.7 Å². The molecule has 0 aromatic rings. The van der Waals surface area contributed by atoms with E-state index in [1.54, 1.807) is 0 Å². The third-order valence-electron chi connectivity index (χ3n) is 1.78. The molecule has 0 aromatic carbocycles. The van der Waals surface area contributed by atoms with Crippen LogP contribution in [0.4, 0.5) is 0 Å².